The Bertz CT molecular complexity index is 250. The van der Waals surface area contributed by atoms with Crippen molar-refractivity contribution in [1.29, 1.82) is 0 Å². The summed E-state index contributed by atoms with van der Waals surface area (Å²) in [5.41, 5.74) is 5.42. The lowest BCUT2D eigenvalue weighted by Gasteiger charge is -2.23. The van der Waals surface area contributed by atoms with Crippen LogP contribution in [0.2, 0.25) is 0 Å². The second kappa shape index (κ2) is 7.16. The van der Waals surface area contributed by atoms with Crippen molar-refractivity contribution in [3.8, 4) is 0 Å². The topological polar surface area (TPSA) is 75.4 Å². The molecule has 5 nitrogen and oxygen atoms in total. The number of nitrogens with zero attached hydrogens (tertiary/aromatic N) is 1. The van der Waals surface area contributed by atoms with Crippen LogP contribution in [0.25, 0.3) is 0 Å². The van der Waals surface area contributed by atoms with E-state index in [4.69, 9.17) is 5.73 Å². The van der Waals surface area contributed by atoms with Crippen molar-refractivity contribution in [1.82, 2.24) is 9.03 Å². The molecule has 0 heterocycles. The van der Waals surface area contributed by atoms with Gasteiger partial charge in [-0.2, -0.15) is 17.4 Å². The highest BCUT2D eigenvalue weighted by Gasteiger charge is 2.21. The Labute approximate surface area is 93.2 Å². The van der Waals surface area contributed by atoms with Crippen LogP contribution < -0.4 is 10.5 Å². The van der Waals surface area contributed by atoms with Crippen LogP contribution in [0, 0.1) is 0 Å². The summed E-state index contributed by atoms with van der Waals surface area (Å²) in [6.07, 6.45) is 1.44. The summed E-state index contributed by atoms with van der Waals surface area (Å²) >= 11 is 0. The van der Waals surface area contributed by atoms with E-state index in [0.717, 1.165) is 6.42 Å². The summed E-state index contributed by atoms with van der Waals surface area (Å²) in [6.45, 7) is 7.08. The highest BCUT2D eigenvalue weighted by atomic mass is 32.2. The predicted molar refractivity (Wildman–Crippen MR) is 62.7 cm³/mol. The van der Waals surface area contributed by atoms with E-state index in [1.165, 1.54) is 4.31 Å². The van der Waals surface area contributed by atoms with E-state index in [-0.39, 0.29) is 6.04 Å². The molecule has 0 aliphatic heterocycles. The number of hydrogen-bond donors (Lipinski definition) is 2. The molecule has 1 atom stereocenters. The molecule has 0 saturated heterocycles. The quantitative estimate of drug-likeness (QED) is 0.637. The van der Waals surface area contributed by atoms with Crippen molar-refractivity contribution in [2.45, 2.75) is 39.7 Å². The lowest BCUT2D eigenvalue weighted by atomic mass is 10.2. The summed E-state index contributed by atoms with van der Waals surface area (Å²) in [6, 6.07) is -0.0550. The second-order valence-electron chi connectivity index (χ2n) is 3.39. The van der Waals surface area contributed by atoms with Gasteiger partial charge < -0.3 is 5.73 Å². The highest BCUT2D eigenvalue weighted by Crippen LogP contribution is 2.03. The Morgan fingerprint density at radius 1 is 1.27 bits per heavy atom. The Balaban J connectivity index is 4.46. The SMILES string of the molecule is CCC(CCN)NS(=O)(=O)N(CC)CC. The maximum Gasteiger partial charge on any atom is 0.279 e. The van der Waals surface area contributed by atoms with E-state index < -0.39 is 10.2 Å². The molecule has 0 aromatic heterocycles. The molecule has 0 spiro atoms. The molecule has 0 fully saturated rings. The van der Waals surface area contributed by atoms with E-state index in [1.54, 1.807) is 0 Å². The molecule has 0 bridgehead atoms. The van der Waals surface area contributed by atoms with Gasteiger partial charge in [-0.15, -0.1) is 0 Å². The van der Waals surface area contributed by atoms with Crippen LogP contribution in [0.1, 0.15) is 33.6 Å². The number of rotatable bonds is 8. The fraction of sp³-hybridized carbons (Fsp3) is 1.00. The molecule has 15 heavy (non-hydrogen) atoms. The first-order chi connectivity index (χ1) is 7.01. The molecule has 0 rings (SSSR count). The summed E-state index contributed by atoms with van der Waals surface area (Å²) in [5, 5.41) is 0. The summed E-state index contributed by atoms with van der Waals surface area (Å²) in [4.78, 5) is 0. The van der Waals surface area contributed by atoms with Crippen LogP contribution in [-0.2, 0) is 10.2 Å². The minimum absolute atomic E-state index is 0.0550. The first kappa shape index (κ1) is 14.8. The van der Waals surface area contributed by atoms with E-state index in [2.05, 4.69) is 4.72 Å². The Morgan fingerprint density at radius 2 is 1.80 bits per heavy atom. The molecule has 0 aliphatic rings. The van der Waals surface area contributed by atoms with E-state index in [0.29, 0.717) is 26.1 Å². The number of hydrogen-bond acceptors (Lipinski definition) is 3. The highest BCUT2D eigenvalue weighted by molar-refractivity contribution is 7.87. The zero-order valence-electron chi connectivity index (χ0n) is 9.86. The number of nitrogens with two attached hydrogens (primary N) is 1. The smallest absolute Gasteiger partial charge is 0.279 e. The first-order valence-electron chi connectivity index (χ1n) is 5.49. The van der Waals surface area contributed by atoms with Gasteiger partial charge in [0.05, 0.1) is 0 Å². The van der Waals surface area contributed by atoms with Crippen molar-refractivity contribution in [2.24, 2.45) is 5.73 Å². The minimum atomic E-state index is -3.33. The maximum absolute atomic E-state index is 11.8. The molecule has 0 aliphatic carbocycles. The van der Waals surface area contributed by atoms with Gasteiger partial charge in [0.2, 0.25) is 0 Å². The molecular formula is C9H23N3O2S. The van der Waals surface area contributed by atoms with Crippen molar-refractivity contribution in [3.63, 3.8) is 0 Å². The third-order valence-electron chi connectivity index (χ3n) is 2.37. The van der Waals surface area contributed by atoms with Crippen LogP contribution in [0.3, 0.4) is 0 Å². The predicted octanol–water partition coefficient (Wildman–Crippen LogP) is 0.290. The van der Waals surface area contributed by atoms with Crippen molar-refractivity contribution in [2.75, 3.05) is 19.6 Å². The van der Waals surface area contributed by atoms with Gasteiger partial charge in [0.15, 0.2) is 0 Å². The fourth-order valence-electron chi connectivity index (χ4n) is 1.40. The summed E-state index contributed by atoms with van der Waals surface area (Å²) in [5.74, 6) is 0. The monoisotopic (exact) mass is 237 g/mol. The van der Waals surface area contributed by atoms with Crippen LogP contribution >= 0.6 is 0 Å². The van der Waals surface area contributed by atoms with Gasteiger partial charge in [0.1, 0.15) is 0 Å². The van der Waals surface area contributed by atoms with Gasteiger partial charge in [-0.1, -0.05) is 20.8 Å². The first-order valence-corrected chi connectivity index (χ1v) is 6.93. The fourth-order valence-corrected chi connectivity index (χ4v) is 2.93. The van der Waals surface area contributed by atoms with Crippen LogP contribution in [-0.4, -0.2) is 38.4 Å². The average molecular weight is 237 g/mol. The Hall–Kier alpha value is -0.170. The molecule has 0 aromatic rings. The zero-order chi connectivity index (χ0) is 11.9. The van der Waals surface area contributed by atoms with Gasteiger partial charge in [-0.25, -0.2) is 0 Å². The van der Waals surface area contributed by atoms with Gasteiger partial charge in [-0.3, -0.25) is 0 Å². The van der Waals surface area contributed by atoms with Crippen LogP contribution in [0.15, 0.2) is 0 Å². The molecule has 0 saturated carbocycles. The molecule has 0 aromatic carbocycles. The zero-order valence-corrected chi connectivity index (χ0v) is 10.7. The lowest BCUT2D eigenvalue weighted by Crippen LogP contribution is -2.45. The molecule has 0 amide bonds. The molecule has 0 radical (unpaired) electrons. The summed E-state index contributed by atoms with van der Waals surface area (Å²) in [7, 11) is -3.33. The van der Waals surface area contributed by atoms with Crippen molar-refractivity contribution in [3.05, 3.63) is 0 Å². The lowest BCUT2D eigenvalue weighted by molar-refractivity contribution is 0.419. The van der Waals surface area contributed by atoms with Crippen LogP contribution in [0.5, 0.6) is 0 Å². The molecule has 1 unspecified atom stereocenters. The van der Waals surface area contributed by atoms with Gasteiger partial charge in [0.25, 0.3) is 10.2 Å². The average Bonchev–Trinajstić information content (AvgIpc) is 2.18. The number of nitrogens with one attached hydrogen (secondary N) is 1. The molecule has 3 N–H and O–H groups in total. The van der Waals surface area contributed by atoms with Gasteiger partial charge in [-0.05, 0) is 19.4 Å². The second-order valence-corrected chi connectivity index (χ2v) is 5.09. The normalized spacial score (nSPS) is 14.5. The van der Waals surface area contributed by atoms with Crippen LogP contribution in [0.4, 0.5) is 0 Å². The minimum Gasteiger partial charge on any atom is -0.330 e. The largest absolute Gasteiger partial charge is 0.330 e. The third kappa shape index (κ3) is 4.92. The maximum atomic E-state index is 11.8. The Kier molecular flexibility index (Phi) is 7.08. The molecular weight excluding hydrogens is 214 g/mol. The van der Waals surface area contributed by atoms with E-state index in [9.17, 15) is 8.42 Å². The van der Waals surface area contributed by atoms with Gasteiger partial charge >= 0.3 is 0 Å². The standard InChI is InChI=1S/C9H23N3O2S/c1-4-9(7-8-10)11-15(13,14)12(5-2)6-3/h9,11H,4-8,10H2,1-3H3. The summed E-state index contributed by atoms with van der Waals surface area (Å²) < 4.78 is 27.7. The Morgan fingerprint density at radius 3 is 2.13 bits per heavy atom. The van der Waals surface area contributed by atoms with Crippen molar-refractivity contribution < 1.29 is 8.42 Å². The molecule has 6 heteroatoms. The van der Waals surface area contributed by atoms with E-state index >= 15 is 0 Å². The molecule has 92 valence electrons. The van der Waals surface area contributed by atoms with Gasteiger partial charge in [0, 0.05) is 19.1 Å². The third-order valence-corrected chi connectivity index (χ3v) is 4.20. The van der Waals surface area contributed by atoms with Crippen molar-refractivity contribution >= 4 is 10.2 Å². The van der Waals surface area contributed by atoms with E-state index in [1.807, 2.05) is 20.8 Å².